The first-order valence-electron chi connectivity index (χ1n) is 8.30. The van der Waals surface area contributed by atoms with Crippen LogP contribution in [0.4, 0.5) is 5.69 Å². The maximum atomic E-state index is 12.4. The van der Waals surface area contributed by atoms with E-state index in [0.29, 0.717) is 9.93 Å². The van der Waals surface area contributed by atoms with Crippen LogP contribution in [0.5, 0.6) is 0 Å². The summed E-state index contributed by atoms with van der Waals surface area (Å²) in [5.74, 6) is -0.0659. The molecule has 1 saturated heterocycles. The Hall–Kier alpha value is -2.37. The highest BCUT2D eigenvalue weighted by molar-refractivity contribution is 8.05. The Balaban J connectivity index is 1.59. The van der Waals surface area contributed by atoms with Crippen LogP contribution in [0.3, 0.4) is 0 Å². The average molecular weight is 384 g/mol. The van der Waals surface area contributed by atoms with Gasteiger partial charge in [-0.25, -0.2) is 0 Å². The molecule has 1 atom stereocenters. The number of aryl methyl sites for hydroxylation is 2. The number of H-pyrrole nitrogens is 1. The molecule has 26 heavy (non-hydrogen) atoms. The van der Waals surface area contributed by atoms with E-state index in [1.165, 1.54) is 11.8 Å². The van der Waals surface area contributed by atoms with E-state index in [0.717, 1.165) is 33.4 Å². The van der Waals surface area contributed by atoms with Gasteiger partial charge in [-0.15, -0.1) is 0 Å². The van der Waals surface area contributed by atoms with Crippen LogP contribution in [0.25, 0.3) is 17.0 Å². The van der Waals surface area contributed by atoms with Gasteiger partial charge in [0.25, 0.3) is 5.91 Å². The highest BCUT2D eigenvalue weighted by Gasteiger charge is 2.28. The minimum atomic E-state index is -0.209. The molecule has 132 valence electrons. The molecule has 1 unspecified atom stereocenters. The number of hydrogen-bond donors (Lipinski definition) is 3. The fourth-order valence-electron chi connectivity index (χ4n) is 3.11. The molecule has 1 fully saturated rings. The number of carbonyl (C=O) groups excluding carboxylic acids is 1. The lowest BCUT2D eigenvalue weighted by molar-refractivity contribution is -0.116. The van der Waals surface area contributed by atoms with Gasteiger partial charge in [-0.1, -0.05) is 41.6 Å². The summed E-state index contributed by atoms with van der Waals surface area (Å²) in [6.07, 6.45) is 1.96. The minimum absolute atomic E-state index is 0.0659. The van der Waals surface area contributed by atoms with Crippen molar-refractivity contribution in [3.05, 3.63) is 69.2 Å². The van der Waals surface area contributed by atoms with Crippen LogP contribution in [0.2, 0.25) is 5.02 Å². The molecule has 4 rings (SSSR count). The fourth-order valence-corrected chi connectivity index (χ4v) is 4.30. The van der Waals surface area contributed by atoms with Crippen LogP contribution in [-0.4, -0.2) is 16.4 Å². The van der Waals surface area contributed by atoms with Crippen LogP contribution >= 0.6 is 23.4 Å². The van der Waals surface area contributed by atoms with Crippen LogP contribution < -0.4 is 10.6 Å². The molecule has 1 aliphatic rings. The van der Waals surface area contributed by atoms with Crippen molar-refractivity contribution in [1.29, 1.82) is 0 Å². The first-order chi connectivity index (χ1) is 12.5. The molecule has 6 heteroatoms. The van der Waals surface area contributed by atoms with Gasteiger partial charge in [-0.3, -0.25) is 4.79 Å². The summed E-state index contributed by atoms with van der Waals surface area (Å²) in [6.45, 7) is 4.01. The fraction of sp³-hybridized carbons (Fsp3) is 0.150. The van der Waals surface area contributed by atoms with E-state index in [-0.39, 0.29) is 11.4 Å². The zero-order valence-corrected chi connectivity index (χ0v) is 16.0. The maximum Gasteiger partial charge on any atom is 0.260 e. The number of rotatable bonds is 3. The Morgan fingerprint density at radius 3 is 2.81 bits per heavy atom. The average Bonchev–Trinajstić information content (AvgIpc) is 3.11. The summed E-state index contributed by atoms with van der Waals surface area (Å²) < 4.78 is 0. The molecule has 4 nitrogen and oxygen atoms in total. The Labute approximate surface area is 161 Å². The lowest BCUT2D eigenvalue weighted by Gasteiger charge is -2.15. The smallest absolute Gasteiger partial charge is 0.260 e. The third-order valence-corrected chi connectivity index (χ3v) is 5.69. The third-order valence-electron chi connectivity index (χ3n) is 4.42. The Bertz CT molecular complexity index is 1040. The Kier molecular flexibility index (Phi) is 4.42. The molecular weight excluding hydrogens is 366 g/mol. The number of anilines is 1. The molecule has 0 bridgehead atoms. The molecule has 3 aromatic rings. The number of aromatic amines is 1. The Morgan fingerprint density at radius 2 is 2.00 bits per heavy atom. The van der Waals surface area contributed by atoms with Crippen LogP contribution in [0.1, 0.15) is 16.8 Å². The summed E-state index contributed by atoms with van der Waals surface area (Å²) in [7, 11) is 0. The lowest BCUT2D eigenvalue weighted by atomic mass is 10.1. The number of para-hydroxylation sites is 1. The van der Waals surface area contributed by atoms with Gasteiger partial charge in [0.05, 0.1) is 4.91 Å². The molecular formula is C20H18ClN3OS. The van der Waals surface area contributed by atoms with Crippen molar-refractivity contribution in [2.45, 2.75) is 19.3 Å². The normalized spacial score (nSPS) is 18.5. The predicted octanol–water partition coefficient (Wildman–Crippen LogP) is 5.04. The monoisotopic (exact) mass is 383 g/mol. The van der Waals surface area contributed by atoms with E-state index in [1.807, 2.05) is 56.3 Å². The molecule has 0 saturated carbocycles. The molecule has 1 amide bonds. The van der Waals surface area contributed by atoms with Crippen molar-refractivity contribution in [2.75, 3.05) is 5.32 Å². The summed E-state index contributed by atoms with van der Waals surface area (Å²) in [6, 6.07) is 13.8. The summed E-state index contributed by atoms with van der Waals surface area (Å²) in [5.41, 5.74) is 4.97. The predicted molar refractivity (Wildman–Crippen MR) is 110 cm³/mol. The number of aromatic nitrogens is 1. The first-order valence-corrected chi connectivity index (χ1v) is 9.56. The third kappa shape index (κ3) is 3.20. The highest BCUT2D eigenvalue weighted by Crippen LogP contribution is 2.33. The molecule has 2 heterocycles. The van der Waals surface area contributed by atoms with Crippen molar-refractivity contribution in [2.24, 2.45) is 0 Å². The molecule has 2 aromatic carbocycles. The molecule has 0 aliphatic carbocycles. The Morgan fingerprint density at radius 1 is 1.19 bits per heavy atom. The number of nitrogens with one attached hydrogen (secondary N) is 3. The number of carbonyl (C=O) groups is 1. The number of thioether (sulfide) groups is 1. The van der Waals surface area contributed by atoms with Gasteiger partial charge in [0.15, 0.2) is 5.50 Å². The van der Waals surface area contributed by atoms with Crippen molar-refractivity contribution < 1.29 is 4.79 Å². The number of fused-ring (bicyclic) bond motifs is 1. The van der Waals surface area contributed by atoms with E-state index in [2.05, 4.69) is 21.7 Å². The van der Waals surface area contributed by atoms with Gasteiger partial charge < -0.3 is 15.6 Å². The standard InChI is InChI=1S/C20H18ClN3OS/c1-11-9-13(21)7-8-16(11)23-20-24-19(25)18(26-20)10-15-12(2)22-17-6-4-3-5-14(15)17/h3-10,20,22-23H,1-2H3,(H,24,25)/b18-10-. The van der Waals surface area contributed by atoms with E-state index in [1.54, 1.807) is 0 Å². The molecule has 3 N–H and O–H groups in total. The largest absolute Gasteiger partial charge is 0.358 e. The second kappa shape index (κ2) is 6.74. The van der Waals surface area contributed by atoms with Crippen molar-refractivity contribution >= 4 is 51.9 Å². The highest BCUT2D eigenvalue weighted by atomic mass is 35.5. The van der Waals surface area contributed by atoms with E-state index >= 15 is 0 Å². The summed E-state index contributed by atoms with van der Waals surface area (Å²) in [5, 5.41) is 8.15. The second-order valence-corrected chi connectivity index (χ2v) is 7.88. The minimum Gasteiger partial charge on any atom is -0.358 e. The van der Waals surface area contributed by atoms with Crippen molar-refractivity contribution in [3.8, 4) is 0 Å². The summed E-state index contributed by atoms with van der Waals surface area (Å²) >= 11 is 7.49. The van der Waals surface area contributed by atoms with Gasteiger partial charge >= 0.3 is 0 Å². The zero-order chi connectivity index (χ0) is 18.3. The molecule has 0 radical (unpaired) electrons. The van der Waals surface area contributed by atoms with Crippen molar-refractivity contribution in [1.82, 2.24) is 10.3 Å². The molecule has 1 aromatic heterocycles. The van der Waals surface area contributed by atoms with Crippen LogP contribution in [-0.2, 0) is 4.79 Å². The molecule has 0 spiro atoms. The topological polar surface area (TPSA) is 56.9 Å². The van der Waals surface area contributed by atoms with E-state index in [4.69, 9.17) is 11.6 Å². The second-order valence-electron chi connectivity index (χ2n) is 6.29. The number of benzene rings is 2. The van der Waals surface area contributed by atoms with Gasteiger partial charge in [0, 0.05) is 32.9 Å². The van der Waals surface area contributed by atoms with Crippen LogP contribution in [0, 0.1) is 13.8 Å². The van der Waals surface area contributed by atoms with E-state index in [9.17, 15) is 4.79 Å². The van der Waals surface area contributed by atoms with Gasteiger partial charge in [0.2, 0.25) is 0 Å². The van der Waals surface area contributed by atoms with Gasteiger partial charge in [-0.05, 0) is 49.8 Å². The number of amides is 1. The zero-order valence-electron chi connectivity index (χ0n) is 14.4. The van der Waals surface area contributed by atoms with Crippen molar-refractivity contribution in [3.63, 3.8) is 0 Å². The first kappa shape index (κ1) is 17.1. The van der Waals surface area contributed by atoms with Gasteiger partial charge in [0.1, 0.15) is 0 Å². The quantitative estimate of drug-likeness (QED) is 0.555. The lowest BCUT2D eigenvalue weighted by Crippen LogP contribution is -2.31. The SMILES string of the molecule is Cc1cc(Cl)ccc1NC1NC(=O)/C(=C/c2c(C)[nH]c3ccccc23)S1. The number of halogens is 1. The number of hydrogen-bond acceptors (Lipinski definition) is 3. The summed E-state index contributed by atoms with van der Waals surface area (Å²) in [4.78, 5) is 16.5. The molecule has 1 aliphatic heterocycles. The van der Waals surface area contributed by atoms with E-state index < -0.39 is 0 Å². The van der Waals surface area contributed by atoms with Crippen LogP contribution in [0.15, 0.2) is 47.4 Å². The van der Waals surface area contributed by atoms with Gasteiger partial charge in [-0.2, -0.15) is 0 Å². The maximum absolute atomic E-state index is 12.4.